The molecule has 6 nitrogen and oxygen atoms in total. The maximum atomic E-state index is 12.9. The number of thioether (sulfide) groups is 1. The van der Waals surface area contributed by atoms with E-state index < -0.39 is 17.1 Å². The second-order valence-electron chi connectivity index (χ2n) is 8.25. The largest absolute Gasteiger partial charge is 0.488 e. The van der Waals surface area contributed by atoms with Crippen molar-refractivity contribution in [1.82, 2.24) is 4.90 Å². The van der Waals surface area contributed by atoms with Crippen LogP contribution in [-0.4, -0.2) is 28.5 Å². The minimum Gasteiger partial charge on any atom is -0.488 e. The fourth-order valence-corrected chi connectivity index (χ4v) is 4.99. The number of ether oxygens (including phenoxy) is 1. The third kappa shape index (κ3) is 6.29. The van der Waals surface area contributed by atoms with Gasteiger partial charge in [-0.2, -0.15) is 0 Å². The number of amides is 3. The highest BCUT2D eigenvalue weighted by Gasteiger charge is 2.36. The van der Waals surface area contributed by atoms with Gasteiger partial charge in [-0.15, -0.1) is 0 Å². The first-order valence-electron chi connectivity index (χ1n) is 11.0. The number of aryl methyl sites for hydroxylation is 2. The van der Waals surface area contributed by atoms with Gasteiger partial charge in [0.05, 0.1) is 4.91 Å². The first-order chi connectivity index (χ1) is 17.2. The molecule has 4 rings (SSSR count). The maximum Gasteiger partial charge on any atom is 0.294 e. The molecule has 184 valence electrons. The minimum absolute atomic E-state index is 0.195. The molecule has 0 spiro atoms. The molecule has 1 aliphatic heterocycles. The van der Waals surface area contributed by atoms with Gasteiger partial charge in [0.15, 0.2) is 0 Å². The highest BCUT2D eigenvalue weighted by molar-refractivity contribution is 8.18. The zero-order chi connectivity index (χ0) is 25.8. The lowest BCUT2D eigenvalue weighted by Gasteiger charge is -2.13. The molecule has 0 atom stereocenters. The van der Waals surface area contributed by atoms with Gasteiger partial charge in [-0.1, -0.05) is 53.5 Å². The Balaban J connectivity index is 1.46. The molecule has 1 saturated heterocycles. The molecule has 1 N–H and O–H groups in total. The first kappa shape index (κ1) is 25.8. The molecule has 1 aliphatic rings. The van der Waals surface area contributed by atoms with Crippen LogP contribution in [0.5, 0.6) is 5.75 Å². The Morgan fingerprint density at radius 2 is 1.75 bits per heavy atom. The molecule has 3 aromatic carbocycles. The Morgan fingerprint density at radius 1 is 1.03 bits per heavy atom. The molecular weight excluding hydrogens is 519 g/mol. The summed E-state index contributed by atoms with van der Waals surface area (Å²) >= 11 is 13.0. The molecule has 1 fully saturated rings. The van der Waals surface area contributed by atoms with E-state index >= 15 is 0 Å². The molecule has 3 aromatic rings. The van der Waals surface area contributed by atoms with Crippen LogP contribution in [0, 0.1) is 13.8 Å². The molecule has 0 aliphatic carbocycles. The van der Waals surface area contributed by atoms with Crippen LogP contribution in [0.1, 0.15) is 22.3 Å². The van der Waals surface area contributed by atoms with Gasteiger partial charge in [-0.05, 0) is 73.1 Å². The zero-order valence-electron chi connectivity index (χ0n) is 19.5. The lowest BCUT2D eigenvalue weighted by atomic mass is 10.1. The SMILES string of the molecule is Cc1cc(C)cc(NC(=O)CN2C(=O)S/C(=C/c3ccccc3OCc3ccc(Cl)cc3Cl)C2=O)c1. The van der Waals surface area contributed by atoms with Crippen molar-refractivity contribution in [2.75, 3.05) is 11.9 Å². The summed E-state index contributed by atoms with van der Waals surface area (Å²) < 4.78 is 5.94. The van der Waals surface area contributed by atoms with Crippen LogP contribution in [0.15, 0.2) is 65.6 Å². The number of halogens is 2. The van der Waals surface area contributed by atoms with Crippen LogP contribution in [0.3, 0.4) is 0 Å². The van der Waals surface area contributed by atoms with Gasteiger partial charge in [0.2, 0.25) is 5.91 Å². The van der Waals surface area contributed by atoms with Gasteiger partial charge in [0.1, 0.15) is 18.9 Å². The van der Waals surface area contributed by atoms with Crippen LogP contribution in [0.4, 0.5) is 10.5 Å². The molecule has 9 heteroatoms. The van der Waals surface area contributed by atoms with Crippen LogP contribution in [-0.2, 0) is 16.2 Å². The summed E-state index contributed by atoms with van der Waals surface area (Å²) in [6.07, 6.45) is 1.59. The highest BCUT2D eigenvalue weighted by Crippen LogP contribution is 2.34. The second-order valence-corrected chi connectivity index (χ2v) is 10.1. The van der Waals surface area contributed by atoms with Crippen molar-refractivity contribution < 1.29 is 19.1 Å². The number of carbonyl (C=O) groups is 3. The van der Waals surface area contributed by atoms with Crippen molar-refractivity contribution in [3.05, 3.63) is 97.9 Å². The van der Waals surface area contributed by atoms with E-state index in [1.165, 1.54) is 0 Å². The van der Waals surface area contributed by atoms with E-state index in [4.69, 9.17) is 27.9 Å². The van der Waals surface area contributed by atoms with Crippen molar-refractivity contribution in [3.63, 3.8) is 0 Å². The second kappa shape index (κ2) is 11.2. The molecule has 0 bridgehead atoms. The molecule has 36 heavy (non-hydrogen) atoms. The average Bonchev–Trinajstić information content (AvgIpc) is 3.06. The summed E-state index contributed by atoms with van der Waals surface area (Å²) in [7, 11) is 0. The normalized spacial score (nSPS) is 14.4. The quantitative estimate of drug-likeness (QED) is 0.331. The van der Waals surface area contributed by atoms with Crippen LogP contribution < -0.4 is 10.1 Å². The molecular formula is C27H22Cl2N2O4S. The lowest BCUT2D eigenvalue weighted by Crippen LogP contribution is -2.36. The van der Waals surface area contributed by atoms with Gasteiger partial charge >= 0.3 is 0 Å². The number of benzene rings is 3. The predicted molar refractivity (Wildman–Crippen MR) is 144 cm³/mol. The van der Waals surface area contributed by atoms with Crippen molar-refractivity contribution in [2.24, 2.45) is 0 Å². The molecule has 0 saturated carbocycles. The van der Waals surface area contributed by atoms with Crippen molar-refractivity contribution in [1.29, 1.82) is 0 Å². The number of nitrogens with one attached hydrogen (secondary N) is 1. The van der Waals surface area contributed by atoms with Crippen LogP contribution >= 0.6 is 35.0 Å². The number of imide groups is 1. The number of rotatable bonds is 7. The third-order valence-corrected chi connectivity index (χ3v) is 6.78. The average molecular weight is 541 g/mol. The lowest BCUT2D eigenvalue weighted by molar-refractivity contribution is -0.127. The summed E-state index contributed by atoms with van der Waals surface area (Å²) in [6, 6.07) is 17.9. The van der Waals surface area contributed by atoms with Crippen molar-refractivity contribution >= 4 is 63.8 Å². The summed E-state index contributed by atoms with van der Waals surface area (Å²) in [5, 5.41) is 3.26. The van der Waals surface area contributed by atoms with Gasteiger partial charge in [0.25, 0.3) is 11.1 Å². The number of hydrogen-bond donors (Lipinski definition) is 1. The Morgan fingerprint density at radius 3 is 2.47 bits per heavy atom. The standard InChI is InChI=1S/C27H22Cl2N2O4S/c1-16-9-17(2)11-21(10-16)30-25(32)14-31-26(33)24(36-27(31)34)12-18-5-3-4-6-23(18)35-15-19-7-8-20(28)13-22(19)29/h3-13H,14-15H2,1-2H3,(H,30,32)/b24-12+. The number of nitrogens with zero attached hydrogens (tertiary/aromatic N) is 1. The Bertz CT molecular complexity index is 1370. The number of carbonyl (C=O) groups excluding carboxylic acids is 3. The van der Waals surface area contributed by atoms with Gasteiger partial charge in [0, 0.05) is 26.9 Å². The first-order valence-corrected chi connectivity index (χ1v) is 12.6. The maximum absolute atomic E-state index is 12.9. The number of anilines is 1. The Kier molecular flexibility index (Phi) is 8.04. The fraction of sp³-hybridized carbons (Fsp3) is 0.148. The molecule has 0 unspecified atom stereocenters. The fourth-order valence-electron chi connectivity index (χ4n) is 3.69. The summed E-state index contributed by atoms with van der Waals surface area (Å²) in [4.78, 5) is 39.2. The van der Waals surface area contributed by atoms with E-state index in [0.717, 1.165) is 33.4 Å². The smallest absolute Gasteiger partial charge is 0.294 e. The number of para-hydroxylation sites is 1. The van der Waals surface area contributed by atoms with Crippen molar-refractivity contribution in [3.8, 4) is 5.75 Å². The van der Waals surface area contributed by atoms with Gasteiger partial charge in [-0.3, -0.25) is 19.3 Å². The van der Waals surface area contributed by atoms with Crippen LogP contribution in [0.2, 0.25) is 10.0 Å². The van der Waals surface area contributed by atoms with E-state index in [-0.39, 0.29) is 18.1 Å². The van der Waals surface area contributed by atoms with Gasteiger partial charge in [-0.25, -0.2) is 0 Å². The van der Waals surface area contributed by atoms with Crippen LogP contribution in [0.25, 0.3) is 6.08 Å². The minimum atomic E-state index is -0.531. The summed E-state index contributed by atoms with van der Waals surface area (Å²) in [5.41, 5.74) is 3.99. The van der Waals surface area contributed by atoms with E-state index in [9.17, 15) is 14.4 Å². The summed E-state index contributed by atoms with van der Waals surface area (Å²) in [5.74, 6) is -0.467. The van der Waals surface area contributed by atoms with Gasteiger partial charge < -0.3 is 10.1 Å². The van der Waals surface area contributed by atoms with E-state index in [0.29, 0.717) is 27.0 Å². The molecule has 0 radical (unpaired) electrons. The van der Waals surface area contributed by atoms with E-state index in [1.807, 2.05) is 32.0 Å². The Labute approximate surface area is 223 Å². The summed E-state index contributed by atoms with van der Waals surface area (Å²) in [6.45, 7) is 3.67. The topological polar surface area (TPSA) is 75.7 Å². The molecule has 0 aromatic heterocycles. The zero-order valence-corrected chi connectivity index (χ0v) is 21.8. The molecule has 1 heterocycles. The highest BCUT2D eigenvalue weighted by atomic mass is 35.5. The molecule has 3 amide bonds. The predicted octanol–water partition coefficient (Wildman–Crippen LogP) is 6.86. The third-order valence-electron chi connectivity index (χ3n) is 5.28. The monoisotopic (exact) mass is 540 g/mol. The van der Waals surface area contributed by atoms with E-state index in [1.54, 1.807) is 48.5 Å². The van der Waals surface area contributed by atoms with E-state index in [2.05, 4.69) is 5.32 Å². The number of hydrogen-bond acceptors (Lipinski definition) is 5. The Hall–Kier alpha value is -3.26. The van der Waals surface area contributed by atoms with Crippen molar-refractivity contribution in [2.45, 2.75) is 20.5 Å².